The summed E-state index contributed by atoms with van der Waals surface area (Å²) in [4.78, 5) is 6.60. The van der Waals surface area contributed by atoms with Gasteiger partial charge in [-0.15, -0.1) is 0 Å². The number of morpholine rings is 1. The molecule has 1 N–H and O–H groups in total. The zero-order valence-corrected chi connectivity index (χ0v) is 15.8. The second-order valence-electron chi connectivity index (χ2n) is 6.56. The van der Waals surface area contributed by atoms with Crippen LogP contribution in [0, 0.1) is 11.3 Å². The van der Waals surface area contributed by atoms with Crippen molar-refractivity contribution < 1.29 is 9.15 Å². The van der Waals surface area contributed by atoms with Crippen LogP contribution in [0.2, 0.25) is 5.02 Å². The second kappa shape index (κ2) is 8.54. The van der Waals surface area contributed by atoms with Crippen molar-refractivity contribution in [3.05, 3.63) is 46.4 Å². The highest BCUT2D eigenvalue weighted by atomic mass is 35.5. The number of aromatic nitrogens is 1. The third-order valence-electron chi connectivity index (χ3n) is 4.45. The van der Waals surface area contributed by atoms with Crippen molar-refractivity contribution >= 4 is 17.5 Å². The number of anilines is 1. The molecule has 1 aromatic carbocycles. The van der Waals surface area contributed by atoms with Crippen molar-refractivity contribution in [2.45, 2.75) is 25.8 Å². The van der Waals surface area contributed by atoms with E-state index < -0.39 is 0 Å². The maximum absolute atomic E-state index is 9.33. The van der Waals surface area contributed by atoms with Crippen LogP contribution in [0.4, 0.5) is 5.88 Å². The monoisotopic (exact) mass is 374 g/mol. The summed E-state index contributed by atoms with van der Waals surface area (Å²) in [7, 11) is 0. The van der Waals surface area contributed by atoms with Crippen LogP contribution in [0.25, 0.3) is 0 Å². The number of nitrogens with zero attached hydrogens (tertiary/aromatic N) is 3. The minimum Gasteiger partial charge on any atom is -0.424 e. The Bertz CT molecular complexity index is 778. The molecule has 0 saturated carbocycles. The lowest BCUT2D eigenvalue weighted by molar-refractivity contribution is 0.0186. The molecule has 3 rings (SSSR count). The standard InChI is InChI=1S/C19H23ClN4O2/c1-13(2)18-23-16(11-21)19(26-18)22-12-17(24-7-9-25-10-8-24)14-5-3-4-6-15(14)20/h3-6,13,17,22H,7-10,12H2,1-2H3/t17-/m1/s1. The number of rotatable bonds is 6. The summed E-state index contributed by atoms with van der Waals surface area (Å²) in [5, 5.41) is 13.3. The minimum atomic E-state index is 0.0479. The van der Waals surface area contributed by atoms with Gasteiger partial charge in [0, 0.05) is 30.6 Å². The first-order chi connectivity index (χ1) is 12.6. The molecular formula is C19H23ClN4O2. The molecule has 2 heterocycles. The lowest BCUT2D eigenvalue weighted by Gasteiger charge is -2.35. The van der Waals surface area contributed by atoms with Gasteiger partial charge in [0.25, 0.3) is 0 Å². The first-order valence-electron chi connectivity index (χ1n) is 8.81. The normalized spacial score (nSPS) is 16.4. The lowest BCUT2D eigenvalue weighted by atomic mass is 10.0. The van der Waals surface area contributed by atoms with Crippen molar-refractivity contribution in [3.63, 3.8) is 0 Å². The summed E-state index contributed by atoms with van der Waals surface area (Å²) < 4.78 is 11.2. The smallest absolute Gasteiger partial charge is 0.232 e. The Kier molecular flexibility index (Phi) is 6.15. The van der Waals surface area contributed by atoms with Gasteiger partial charge in [-0.3, -0.25) is 4.90 Å². The zero-order valence-electron chi connectivity index (χ0n) is 15.0. The molecule has 6 nitrogen and oxygen atoms in total. The van der Waals surface area contributed by atoms with Crippen LogP contribution in [-0.4, -0.2) is 42.7 Å². The van der Waals surface area contributed by atoms with Gasteiger partial charge in [-0.05, 0) is 11.6 Å². The third-order valence-corrected chi connectivity index (χ3v) is 4.79. The molecule has 0 aliphatic carbocycles. The van der Waals surface area contributed by atoms with Crippen molar-refractivity contribution in [1.82, 2.24) is 9.88 Å². The Morgan fingerprint density at radius 3 is 2.69 bits per heavy atom. The van der Waals surface area contributed by atoms with Crippen molar-refractivity contribution in [1.29, 1.82) is 5.26 Å². The SMILES string of the molecule is CC(C)c1nc(C#N)c(NC[C@H](c2ccccc2Cl)N2CCOCC2)o1. The fourth-order valence-corrected chi connectivity index (χ4v) is 3.30. The lowest BCUT2D eigenvalue weighted by Crippen LogP contribution is -2.41. The molecule has 7 heteroatoms. The molecular weight excluding hydrogens is 352 g/mol. The predicted molar refractivity (Wildman–Crippen MR) is 100 cm³/mol. The summed E-state index contributed by atoms with van der Waals surface area (Å²) in [5.41, 5.74) is 1.33. The number of oxazole rings is 1. The Balaban J connectivity index is 1.82. The van der Waals surface area contributed by atoms with Gasteiger partial charge in [0.2, 0.25) is 17.5 Å². The number of ether oxygens (including phenoxy) is 1. The zero-order chi connectivity index (χ0) is 18.5. The van der Waals surface area contributed by atoms with E-state index in [1.54, 1.807) is 0 Å². The van der Waals surface area contributed by atoms with E-state index in [1.807, 2.05) is 38.1 Å². The van der Waals surface area contributed by atoms with Gasteiger partial charge in [-0.1, -0.05) is 43.6 Å². The molecule has 1 saturated heterocycles. The van der Waals surface area contributed by atoms with Gasteiger partial charge in [-0.2, -0.15) is 5.26 Å². The van der Waals surface area contributed by atoms with E-state index in [4.69, 9.17) is 20.8 Å². The number of nitrogens with one attached hydrogen (secondary N) is 1. The van der Waals surface area contributed by atoms with Crippen molar-refractivity contribution in [2.24, 2.45) is 0 Å². The van der Waals surface area contributed by atoms with E-state index in [0.717, 1.165) is 23.7 Å². The summed E-state index contributed by atoms with van der Waals surface area (Å²) in [5.74, 6) is 1.10. The number of hydrogen-bond acceptors (Lipinski definition) is 6. The molecule has 0 radical (unpaired) electrons. The molecule has 1 atom stereocenters. The van der Waals surface area contributed by atoms with E-state index in [-0.39, 0.29) is 17.7 Å². The first-order valence-corrected chi connectivity index (χ1v) is 9.19. The van der Waals surface area contributed by atoms with Gasteiger partial charge in [0.15, 0.2) is 0 Å². The first kappa shape index (κ1) is 18.7. The van der Waals surface area contributed by atoms with Crippen LogP contribution < -0.4 is 5.32 Å². The molecule has 138 valence electrons. The minimum absolute atomic E-state index is 0.0479. The molecule has 1 aromatic heterocycles. The molecule has 0 unspecified atom stereocenters. The highest BCUT2D eigenvalue weighted by Gasteiger charge is 2.25. The van der Waals surface area contributed by atoms with Crippen molar-refractivity contribution in [2.75, 3.05) is 38.2 Å². The van der Waals surface area contributed by atoms with Crippen LogP contribution in [0.3, 0.4) is 0 Å². The molecule has 26 heavy (non-hydrogen) atoms. The summed E-state index contributed by atoms with van der Waals surface area (Å²) in [6, 6.07) is 9.99. The average Bonchev–Trinajstić information content (AvgIpc) is 3.08. The molecule has 0 amide bonds. The predicted octanol–water partition coefficient (Wildman–Crippen LogP) is 3.81. The molecule has 0 spiro atoms. The average molecular weight is 375 g/mol. The van der Waals surface area contributed by atoms with Crippen LogP contribution in [0.15, 0.2) is 28.7 Å². The number of nitriles is 1. The topological polar surface area (TPSA) is 74.3 Å². The summed E-state index contributed by atoms with van der Waals surface area (Å²) >= 11 is 6.45. The molecule has 1 aliphatic heterocycles. The molecule has 1 aliphatic rings. The Labute approximate surface area is 158 Å². The highest BCUT2D eigenvalue weighted by Crippen LogP contribution is 2.30. The summed E-state index contributed by atoms with van der Waals surface area (Å²) in [6.07, 6.45) is 0. The van der Waals surface area contributed by atoms with Gasteiger partial charge in [-0.25, -0.2) is 4.98 Å². The largest absolute Gasteiger partial charge is 0.424 e. The van der Waals surface area contributed by atoms with Crippen LogP contribution in [0.1, 0.15) is 43.0 Å². The van der Waals surface area contributed by atoms with E-state index in [9.17, 15) is 5.26 Å². The molecule has 1 fully saturated rings. The van der Waals surface area contributed by atoms with E-state index in [0.29, 0.717) is 31.5 Å². The quantitative estimate of drug-likeness (QED) is 0.828. The van der Waals surface area contributed by atoms with Crippen molar-refractivity contribution in [3.8, 4) is 6.07 Å². The van der Waals surface area contributed by atoms with Gasteiger partial charge in [0.1, 0.15) is 6.07 Å². The second-order valence-corrected chi connectivity index (χ2v) is 6.97. The molecule has 2 aromatic rings. The van der Waals surface area contributed by atoms with Gasteiger partial charge in [0.05, 0.1) is 19.3 Å². The van der Waals surface area contributed by atoms with Gasteiger partial charge >= 0.3 is 0 Å². The maximum Gasteiger partial charge on any atom is 0.232 e. The Hall–Kier alpha value is -2.07. The van der Waals surface area contributed by atoms with E-state index >= 15 is 0 Å². The highest BCUT2D eigenvalue weighted by molar-refractivity contribution is 6.31. The Morgan fingerprint density at radius 1 is 1.31 bits per heavy atom. The summed E-state index contributed by atoms with van der Waals surface area (Å²) in [6.45, 7) is 7.58. The van der Waals surface area contributed by atoms with Crippen LogP contribution in [-0.2, 0) is 4.74 Å². The van der Waals surface area contributed by atoms with E-state index in [2.05, 4.69) is 21.3 Å². The fourth-order valence-electron chi connectivity index (χ4n) is 3.04. The fraction of sp³-hybridized carbons (Fsp3) is 0.474. The van der Waals surface area contributed by atoms with Crippen LogP contribution in [0.5, 0.6) is 0 Å². The number of hydrogen-bond donors (Lipinski definition) is 1. The molecule has 0 bridgehead atoms. The van der Waals surface area contributed by atoms with Gasteiger partial charge < -0.3 is 14.5 Å². The number of halogens is 1. The van der Waals surface area contributed by atoms with E-state index in [1.165, 1.54) is 0 Å². The van der Waals surface area contributed by atoms with Crippen LogP contribution >= 0.6 is 11.6 Å². The number of benzene rings is 1. The third kappa shape index (κ3) is 4.18. The maximum atomic E-state index is 9.33. The Morgan fingerprint density at radius 2 is 2.04 bits per heavy atom.